The average molecular weight is 300 g/mol. The normalized spacial score (nSPS) is 10.5. The van der Waals surface area contributed by atoms with Crippen LogP contribution < -0.4 is 10.9 Å². The number of anilines is 1. The third kappa shape index (κ3) is 2.90. The second kappa shape index (κ2) is 5.09. The Balaban J connectivity index is 1.94. The van der Waals surface area contributed by atoms with Gasteiger partial charge in [-0.05, 0) is 22.9 Å². The lowest BCUT2D eigenvalue weighted by atomic mass is 10.4. The summed E-state index contributed by atoms with van der Waals surface area (Å²) in [5.41, 5.74) is -0.226. The summed E-state index contributed by atoms with van der Waals surface area (Å²) in [5.74, 6) is 1.65. The molecule has 0 aliphatic rings. The molecule has 90 valence electrons. The predicted octanol–water partition coefficient (Wildman–Crippen LogP) is 0.878. The molecule has 0 spiro atoms. The molecule has 0 radical (unpaired) electrons. The van der Waals surface area contributed by atoms with Crippen LogP contribution >= 0.6 is 15.9 Å². The van der Waals surface area contributed by atoms with E-state index in [1.807, 2.05) is 0 Å². The number of aromatic amines is 1. The molecule has 0 atom stereocenters. The summed E-state index contributed by atoms with van der Waals surface area (Å²) in [4.78, 5) is 21.8. The minimum atomic E-state index is -0.226. The van der Waals surface area contributed by atoms with Crippen molar-refractivity contribution in [2.24, 2.45) is 0 Å². The van der Waals surface area contributed by atoms with Crippen LogP contribution in [0, 0.1) is 6.92 Å². The molecule has 0 saturated heterocycles. The van der Waals surface area contributed by atoms with Crippen LogP contribution in [-0.4, -0.2) is 26.7 Å². The molecule has 0 bridgehead atoms. The highest BCUT2D eigenvalue weighted by atomic mass is 79.9. The summed E-state index contributed by atoms with van der Waals surface area (Å²) in [7, 11) is 0. The fourth-order valence-corrected chi connectivity index (χ4v) is 1.59. The topological polar surface area (TPSA) is 96.7 Å². The zero-order chi connectivity index (χ0) is 12.3. The number of nitrogens with zero attached hydrogens (tertiary/aromatic N) is 3. The molecule has 7 nitrogen and oxygen atoms in total. The van der Waals surface area contributed by atoms with E-state index >= 15 is 0 Å². The molecule has 2 aromatic heterocycles. The fraction of sp³-hybridized carbons (Fsp3) is 0.333. The summed E-state index contributed by atoms with van der Waals surface area (Å²) in [6.07, 6.45) is 1.91. The van der Waals surface area contributed by atoms with E-state index in [4.69, 9.17) is 4.52 Å². The monoisotopic (exact) mass is 299 g/mol. The smallest absolute Gasteiger partial charge is 0.267 e. The quantitative estimate of drug-likeness (QED) is 0.870. The van der Waals surface area contributed by atoms with Crippen molar-refractivity contribution in [3.8, 4) is 0 Å². The Morgan fingerprint density at radius 3 is 3.12 bits per heavy atom. The molecule has 8 heteroatoms. The van der Waals surface area contributed by atoms with Crippen LogP contribution in [0.4, 0.5) is 5.82 Å². The van der Waals surface area contributed by atoms with E-state index in [1.165, 1.54) is 6.33 Å². The van der Waals surface area contributed by atoms with E-state index in [2.05, 4.69) is 41.4 Å². The molecule has 2 N–H and O–H groups in total. The first-order valence-corrected chi connectivity index (χ1v) is 5.72. The van der Waals surface area contributed by atoms with Gasteiger partial charge in [0.15, 0.2) is 5.82 Å². The zero-order valence-corrected chi connectivity index (χ0v) is 10.6. The predicted molar refractivity (Wildman–Crippen MR) is 63.8 cm³/mol. The molecule has 0 unspecified atom stereocenters. The second-order valence-corrected chi connectivity index (χ2v) is 4.10. The minimum absolute atomic E-state index is 0.226. The Morgan fingerprint density at radius 1 is 1.59 bits per heavy atom. The third-order valence-corrected chi connectivity index (χ3v) is 2.73. The highest BCUT2D eigenvalue weighted by Crippen LogP contribution is 2.12. The SMILES string of the molecule is Cc1noc(CCNc2nc[nH]c(=O)c2Br)n1. The van der Waals surface area contributed by atoms with E-state index < -0.39 is 0 Å². The van der Waals surface area contributed by atoms with Crippen molar-refractivity contribution in [2.45, 2.75) is 13.3 Å². The van der Waals surface area contributed by atoms with Crippen molar-refractivity contribution in [3.05, 3.63) is 32.9 Å². The van der Waals surface area contributed by atoms with Gasteiger partial charge in [0, 0.05) is 13.0 Å². The second-order valence-electron chi connectivity index (χ2n) is 3.31. The minimum Gasteiger partial charge on any atom is -0.368 e. The molecular weight excluding hydrogens is 290 g/mol. The molecule has 0 aromatic carbocycles. The van der Waals surface area contributed by atoms with Crippen LogP contribution in [0.2, 0.25) is 0 Å². The van der Waals surface area contributed by atoms with Crippen molar-refractivity contribution >= 4 is 21.7 Å². The molecule has 2 heterocycles. The van der Waals surface area contributed by atoms with Crippen LogP contribution in [0.3, 0.4) is 0 Å². The van der Waals surface area contributed by atoms with Crippen molar-refractivity contribution in [1.82, 2.24) is 20.1 Å². The van der Waals surface area contributed by atoms with Crippen LogP contribution in [-0.2, 0) is 6.42 Å². The van der Waals surface area contributed by atoms with Crippen LogP contribution in [0.1, 0.15) is 11.7 Å². The Bertz CT molecular complexity index is 565. The Kier molecular flexibility index (Phi) is 3.52. The van der Waals surface area contributed by atoms with E-state index in [1.54, 1.807) is 6.92 Å². The molecule has 2 rings (SSSR count). The Morgan fingerprint density at radius 2 is 2.41 bits per heavy atom. The number of hydrogen-bond donors (Lipinski definition) is 2. The maximum absolute atomic E-state index is 11.3. The number of rotatable bonds is 4. The van der Waals surface area contributed by atoms with Gasteiger partial charge in [0.2, 0.25) is 5.89 Å². The first-order valence-electron chi connectivity index (χ1n) is 4.93. The van der Waals surface area contributed by atoms with Gasteiger partial charge in [0.25, 0.3) is 5.56 Å². The lowest BCUT2D eigenvalue weighted by Crippen LogP contribution is -2.13. The lowest BCUT2D eigenvalue weighted by Gasteiger charge is -2.04. The summed E-state index contributed by atoms with van der Waals surface area (Å²) in [6, 6.07) is 0. The highest BCUT2D eigenvalue weighted by molar-refractivity contribution is 9.10. The summed E-state index contributed by atoms with van der Waals surface area (Å²) in [5, 5.41) is 6.69. The molecule has 0 fully saturated rings. The Labute approximate surface area is 105 Å². The zero-order valence-electron chi connectivity index (χ0n) is 9.03. The van der Waals surface area contributed by atoms with Gasteiger partial charge < -0.3 is 14.8 Å². The molecule has 0 aliphatic carbocycles. The van der Waals surface area contributed by atoms with Crippen LogP contribution in [0.5, 0.6) is 0 Å². The first-order chi connectivity index (χ1) is 8.16. The van der Waals surface area contributed by atoms with E-state index in [0.29, 0.717) is 35.0 Å². The number of halogens is 1. The largest absolute Gasteiger partial charge is 0.368 e. The van der Waals surface area contributed by atoms with E-state index in [9.17, 15) is 4.79 Å². The number of nitrogens with one attached hydrogen (secondary N) is 2. The van der Waals surface area contributed by atoms with Gasteiger partial charge >= 0.3 is 0 Å². The Hall–Kier alpha value is -1.70. The van der Waals surface area contributed by atoms with E-state index in [-0.39, 0.29) is 5.56 Å². The first kappa shape index (κ1) is 11.8. The summed E-state index contributed by atoms with van der Waals surface area (Å²) < 4.78 is 5.33. The van der Waals surface area contributed by atoms with Gasteiger partial charge in [0.1, 0.15) is 10.3 Å². The molecule has 2 aromatic rings. The maximum Gasteiger partial charge on any atom is 0.267 e. The van der Waals surface area contributed by atoms with E-state index in [0.717, 1.165) is 0 Å². The summed E-state index contributed by atoms with van der Waals surface area (Å²) >= 11 is 3.15. The van der Waals surface area contributed by atoms with Crippen molar-refractivity contribution < 1.29 is 4.52 Å². The fourth-order valence-electron chi connectivity index (χ4n) is 1.24. The van der Waals surface area contributed by atoms with Crippen molar-refractivity contribution in [3.63, 3.8) is 0 Å². The lowest BCUT2D eigenvalue weighted by molar-refractivity contribution is 0.377. The van der Waals surface area contributed by atoms with Crippen LogP contribution in [0.25, 0.3) is 0 Å². The van der Waals surface area contributed by atoms with Gasteiger partial charge in [-0.15, -0.1) is 0 Å². The van der Waals surface area contributed by atoms with Gasteiger partial charge in [0.05, 0.1) is 6.33 Å². The van der Waals surface area contributed by atoms with Gasteiger partial charge in [-0.25, -0.2) is 4.98 Å². The number of aromatic nitrogens is 4. The highest BCUT2D eigenvalue weighted by Gasteiger charge is 2.06. The third-order valence-electron chi connectivity index (χ3n) is 2.00. The summed E-state index contributed by atoms with van der Waals surface area (Å²) in [6.45, 7) is 2.31. The van der Waals surface area contributed by atoms with Crippen molar-refractivity contribution in [2.75, 3.05) is 11.9 Å². The van der Waals surface area contributed by atoms with Gasteiger partial charge in [-0.3, -0.25) is 4.79 Å². The molecule has 17 heavy (non-hydrogen) atoms. The molecular formula is C9H10BrN5O2. The number of hydrogen-bond acceptors (Lipinski definition) is 6. The van der Waals surface area contributed by atoms with Crippen LogP contribution in [0.15, 0.2) is 20.1 Å². The maximum atomic E-state index is 11.3. The molecule has 0 saturated carbocycles. The number of aryl methyl sites for hydroxylation is 1. The van der Waals surface area contributed by atoms with Crippen molar-refractivity contribution in [1.29, 1.82) is 0 Å². The average Bonchev–Trinajstić information content (AvgIpc) is 2.70. The van der Waals surface area contributed by atoms with Gasteiger partial charge in [-0.2, -0.15) is 4.98 Å². The standard InChI is InChI=1S/C9H10BrN5O2/c1-5-14-6(17-15-5)2-3-11-8-7(10)9(16)13-4-12-8/h4H,2-3H2,1H3,(H2,11,12,13,16). The van der Waals surface area contributed by atoms with Gasteiger partial charge in [-0.1, -0.05) is 5.16 Å². The number of H-pyrrole nitrogens is 1. The molecule has 0 amide bonds. The molecule has 0 aliphatic heterocycles.